The molecule has 0 spiro atoms. The molecule has 4 bridgehead atoms. The number of hydrogen-bond acceptors (Lipinski definition) is 9. The molecule has 8 rings (SSSR count). The quantitative estimate of drug-likeness (QED) is 0.221. The fraction of sp³-hybridized carbons (Fsp3) is 0.632. The first-order valence-corrected chi connectivity index (χ1v) is 17.1. The molecule has 0 saturated heterocycles. The van der Waals surface area contributed by atoms with Gasteiger partial charge >= 0.3 is 5.97 Å². The molecule has 0 heterocycles. The molecule has 1 aromatic carbocycles. The van der Waals surface area contributed by atoms with Gasteiger partial charge in [0.05, 0.1) is 23.0 Å². The summed E-state index contributed by atoms with van der Waals surface area (Å²) in [7, 11) is 0. The molecule has 7 aliphatic rings. The van der Waals surface area contributed by atoms with E-state index in [0.29, 0.717) is 23.3 Å². The largest absolute Gasteiger partial charge is 0.511 e. The normalized spacial score (nSPS) is 42.0. The molecule has 4 saturated carbocycles. The molecule has 47 heavy (non-hydrogen) atoms. The number of hydrogen-bond donors (Lipinski definition) is 4. The molecule has 0 amide bonds. The Bertz CT molecular complexity index is 1660. The van der Waals surface area contributed by atoms with Crippen LogP contribution in [0.25, 0.3) is 0 Å². The molecule has 6 atom stereocenters. The zero-order valence-corrected chi connectivity index (χ0v) is 28.1. The van der Waals surface area contributed by atoms with Crippen molar-refractivity contribution in [1.82, 2.24) is 0 Å². The second-order valence-corrected chi connectivity index (χ2v) is 16.6. The number of ketones is 3. The summed E-state index contributed by atoms with van der Waals surface area (Å²) < 4.78 is 6.60. The molecular weight excluding hydrogens is 600 g/mol. The number of rotatable bonds is 5. The Morgan fingerprint density at radius 1 is 0.979 bits per heavy atom. The van der Waals surface area contributed by atoms with E-state index in [1.165, 1.54) is 32.3 Å². The van der Waals surface area contributed by atoms with E-state index in [2.05, 4.69) is 0 Å². The summed E-state index contributed by atoms with van der Waals surface area (Å²) in [5, 5.41) is 47.4. The second kappa shape index (κ2) is 10.0. The van der Waals surface area contributed by atoms with Gasteiger partial charge in [0, 0.05) is 11.3 Å². The first-order chi connectivity index (χ1) is 21.9. The van der Waals surface area contributed by atoms with Gasteiger partial charge in [0.2, 0.25) is 5.78 Å². The molecule has 1 aromatic rings. The van der Waals surface area contributed by atoms with Gasteiger partial charge < -0.3 is 25.2 Å². The lowest BCUT2D eigenvalue weighted by molar-refractivity contribution is -0.227. The highest BCUT2D eigenvalue weighted by Crippen LogP contribution is 2.69. The SMILES string of the molecule is CC(=O)C1=C(O)C(C(C)C)[C@@]2(C)[C@H](OC(=O)CC34CC5CC(CC(C5)C3)C4)[C@]3(C)C(=C(O)[C@@]2(O)C1=O)C(=O)c1c(O)cccc1[C@H]3C. The second-order valence-electron chi connectivity index (χ2n) is 16.6. The zero-order valence-electron chi connectivity index (χ0n) is 28.1. The number of phenols is 1. The van der Waals surface area contributed by atoms with Gasteiger partial charge in [-0.15, -0.1) is 0 Å². The van der Waals surface area contributed by atoms with Crippen molar-refractivity contribution in [3.05, 3.63) is 52.0 Å². The Hall–Kier alpha value is -3.46. The maximum atomic E-state index is 14.4. The van der Waals surface area contributed by atoms with Gasteiger partial charge in [-0.25, -0.2) is 0 Å². The van der Waals surface area contributed by atoms with Gasteiger partial charge in [-0.2, -0.15) is 0 Å². The molecule has 0 radical (unpaired) electrons. The summed E-state index contributed by atoms with van der Waals surface area (Å²) >= 11 is 0. The molecule has 1 unspecified atom stereocenters. The maximum Gasteiger partial charge on any atom is 0.306 e. The predicted octanol–water partition coefficient (Wildman–Crippen LogP) is 6.04. The Labute approximate surface area is 275 Å². The lowest BCUT2D eigenvalue weighted by Gasteiger charge is -2.64. The van der Waals surface area contributed by atoms with Gasteiger partial charge in [-0.05, 0) is 92.1 Å². The van der Waals surface area contributed by atoms with Crippen LogP contribution < -0.4 is 0 Å². The highest BCUT2D eigenvalue weighted by Gasteiger charge is 2.77. The van der Waals surface area contributed by atoms with Crippen molar-refractivity contribution in [2.24, 2.45) is 45.8 Å². The van der Waals surface area contributed by atoms with E-state index < -0.39 is 80.7 Å². The fourth-order valence-corrected chi connectivity index (χ4v) is 12.1. The number of aliphatic hydroxyl groups is 3. The van der Waals surface area contributed by atoms with Crippen LogP contribution in [-0.2, 0) is 19.1 Å². The number of benzene rings is 1. The zero-order chi connectivity index (χ0) is 34.2. The highest BCUT2D eigenvalue weighted by atomic mass is 16.5. The van der Waals surface area contributed by atoms with Crippen LogP contribution >= 0.6 is 0 Å². The number of carbonyl (C=O) groups is 4. The topological polar surface area (TPSA) is 158 Å². The minimum atomic E-state index is -2.91. The summed E-state index contributed by atoms with van der Waals surface area (Å²) in [4.78, 5) is 56.0. The Balaban J connectivity index is 1.45. The van der Waals surface area contributed by atoms with Gasteiger partial charge in [0.25, 0.3) is 0 Å². The van der Waals surface area contributed by atoms with Crippen LogP contribution in [0.5, 0.6) is 5.75 Å². The third kappa shape index (κ3) is 3.92. The monoisotopic (exact) mass is 646 g/mol. The Morgan fingerprint density at radius 2 is 1.55 bits per heavy atom. The van der Waals surface area contributed by atoms with Crippen LogP contribution in [-0.4, -0.2) is 55.5 Å². The molecule has 0 aromatic heterocycles. The predicted molar refractivity (Wildman–Crippen MR) is 170 cm³/mol. The number of fused-ring (bicyclic) bond motifs is 3. The summed E-state index contributed by atoms with van der Waals surface area (Å²) in [6.45, 7) is 9.61. The number of Topliss-reactive ketones (excluding diaryl/α,β-unsaturated/α-hetero) is 3. The fourth-order valence-electron chi connectivity index (χ4n) is 12.1. The third-order valence-corrected chi connectivity index (χ3v) is 13.6. The van der Waals surface area contributed by atoms with Crippen molar-refractivity contribution in [2.75, 3.05) is 0 Å². The maximum absolute atomic E-state index is 14.4. The number of phenolic OH excluding ortho intramolecular Hbond substituents is 1. The number of esters is 1. The lowest BCUT2D eigenvalue weighted by atomic mass is 9.41. The minimum absolute atomic E-state index is 0.0706. The smallest absolute Gasteiger partial charge is 0.306 e. The van der Waals surface area contributed by atoms with E-state index in [9.17, 15) is 39.6 Å². The van der Waals surface area contributed by atoms with Crippen LogP contribution in [0.2, 0.25) is 0 Å². The number of aromatic hydroxyl groups is 1. The highest BCUT2D eigenvalue weighted by molar-refractivity contribution is 6.25. The third-order valence-electron chi connectivity index (χ3n) is 13.6. The standard InChI is InChI=1S/C38H46O9/c1-17(2)28-30(42)26(19(4)39)32(44)38(46)33(45)29-31(43)27-23(8-7-9-24(27)40)18(3)35(29,5)34(36(28,38)6)47-25(41)16-37-13-20-10-21(14-37)12-22(11-20)15-37/h7-9,17-18,20-22,28,34,40,42,45-46H,10-16H2,1-6H3/t18-,20?,21?,22?,28?,34-,35+,36+,37?,38+/m1/s1. The summed E-state index contributed by atoms with van der Waals surface area (Å²) in [6, 6.07) is 4.66. The molecular formula is C38H46O9. The van der Waals surface area contributed by atoms with Crippen molar-refractivity contribution < 1.29 is 44.3 Å². The van der Waals surface area contributed by atoms with Gasteiger partial charge in [0.1, 0.15) is 28.9 Å². The van der Waals surface area contributed by atoms with Crippen LogP contribution in [0.15, 0.2) is 40.9 Å². The number of ether oxygens (including phenoxy) is 1. The van der Waals surface area contributed by atoms with Crippen LogP contribution in [0, 0.1) is 45.8 Å². The van der Waals surface area contributed by atoms with Crippen LogP contribution in [0.3, 0.4) is 0 Å². The van der Waals surface area contributed by atoms with Crippen LogP contribution in [0.1, 0.15) is 108 Å². The average Bonchev–Trinajstić information content (AvgIpc) is 2.95. The van der Waals surface area contributed by atoms with E-state index >= 15 is 0 Å². The summed E-state index contributed by atoms with van der Waals surface area (Å²) in [6.07, 6.45) is 5.18. The molecule has 4 N–H and O–H groups in total. The lowest BCUT2D eigenvalue weighted by Crippen LogP contribution is -2.74. The van der Waals surface area contributed by atoms with Crippen molar-refractivity contribution >= 4 is 23.3 Å². The van der Waals surface area contributed by atoms with Gasteiger partial charge in [-0.1, -0.05) is 46.8 Å². The van der Waals surface area contributed by atoms with Crippen molar-refractivity contribution in [1.29, 1.82) is 0 Å². The molecule has 9 nitrogen and oxygen atoms in total. The van der Waals surface area contributed by atoms with Crippen molar-refractivity contribution in [2.45, 2.75) is 104 Å². The first-order valence-electron chi connectivity index (χ1n) is 17.1. The van der Waals surface area contributed by atoms with Crippen LogP contribution in [0.4, 0.5) is 0 Å². The first kappa shape index (κ1) is 32.1. The number of allylic oxidation sites excluding steroid dienone is 1. The van der Waals surface area contributed by atoms with Gasteiger partial charge in [-0.3, -0.25) is 19.2 Å². The molecule has 4 fully saturated rings. The van der Waals surface area contributed by atoms with E-state index in [1.807, 2.05) is 0 Å². The minimum Gasteiger partial charge on any atom is -0.511 e. The summed E-state index contributed by atoms with van der Waals surface area (Å²) in [5.41, 5.74) is -7.13. The Morgan fingerprint density at radius 3 is 2.09 bits per heavy atom. The Kier molecular flexibility index (Phi) is 6.85. The summed E-state index contributed by atoms with van der Waals surface area (Å²) in [5.74, 6) is -5.71. The van der Waals surface area contributed by atoms with Crippen molar-refractivity contribution in [3.8, 4) is 5.75 Å². The number of aliphatic hydroxyl groups excluding tert-OH is 2. The van der Waals surface area contributed by atoms with Crippen molar-refractivity contribution in [3.63, 3.8) is 0 Å². The molecule has 0 aliphatic heterocycles. The van der Waals surface area contributed by atoms with Gasteiger partial charge in [0.15, 0.2) is 17.2 Å². The molecule has 7 aliphatic carbocycles. The molecule has 252 valence electrons. The van der Waals surface area contributed by atoms with E-state index in [-0.39, 0.29) is 28.7 Å². The van der Waals surface area contributed by atoms with E-state index in [0.717, 1.165) is 26.2 Å². The van der Waals surface area contributed by atoms with E-state index in [4.69, 9.17) is 4.74 Å². The average molecular weight is 647 g/mol. The number of carbonyl (C=O) groups excluding carboxylic acids is 4. The van der Waals surface area contributed by atoms with E-state index in [1.54, 1.807) is 39.8 Å². The molecule has 9 heteroatoms.